The number of benzene rings is 2. The number of carboxylic acid groups (broad SMARTS) is 1. The molecule has 0 fully saturated rings. The van der Waals surface area contributed by atoms with Crippen LogP contribution < -0.4 is 5.12 Å². The van der Waals surface area contributed by atoms with Gasteiger partial charge in [-0.2, -0.15) is 0 Å². The number of carboxylic acids is 1. The number of amides is 1. The van der Waals surface area contributed by atoms with Crippen LogP contribution in [-0.4, -0.2) is 21.6 Å². The summed E-state index contributed by atoms with van der Waals surface area (Å²) in [4.78, 5) is 24.3. The van der Waals surface area contributed by atoms with Gasteiger partial charge in [0.1, 0.15) is 6.54 Å². The lowest BCUT2D eigenvalue weighted by atomic mass is 9.73. The van der Waals surface area contributed by atoms with Crippen LogP contribution in [0.3, 0.4) is 0 Å². The van der Waals surface area contributed by atoms with E-state index in [-0.39, 0.29) is 17.4 Å². The molecule has 1 unspecified atom stereocenters. The molecule has 5 nitrogen and oxygen atoms in total. The van der Waals surface area contributed by atoms with Crippen molar-refractivity contribution in [2.24, 2.45) is 5.41 Å². The van der Waals surface area contributed by atoms with Crippen LogP contribution >= 0.6 is 0 Å². The fourth-order valence-electron chi connectivity index (χ4n) is 4.20. The molecule has 0 saturated heterocycles. The van der Waals surface area contributed by atoms with E-state index in [1.54, 1.807) is 37.3 Å². The number of halogens is 1. The largest absolute Gasteiger partial charge is 0.480 e. The second kappa shape index (κ2) is 6.78. The molecule has 4 rings (SSSR count). The summed E-state index contributed by atoms with van der Waals surface area (Å²) in [7, 11) is 0. The van der Waals surface area contributed by atoms with Gasteiger partial charge >= 0.3 is 5.97 Å². The number of anilines is 1. The van der Waals surface area contributed by atoms with Crippen molar-refractivity contribution < 1.29 is 19.2 Å². The zero-order valence-electron chi connectivity index (χ0n) is 15.6. The van der Waals surface area contributed by atoms with Gasteiger partial charge in [-0.05, 0) is 43.0 Å². The van der Waals surface area contributed by atoms with Crippen LogP contribution in [0.15, 0.2) is 54.6 Å². The Morgan fingerprint density at radius 1 is 1.14 bits per heavy atom. The topological polar surface area (TPSA) is 62.5 Å². The molecule has 0 saturated carbocycles. The van der Waals surface area contributed by atoms with Crippen LogP contribution in [0.1, 0.15) is 24.6 Å². The third-order valence-corrected chi connectivity index (χ3v) is 5.65. The summed E-state index contributed by atoms with van der Waals surface area (Å²) in [5.74, 6) is -1.48. The van der Waals surface area contributed by atoms with Crippen LogP contribution in [-0.2, 0) is 29.0 Å². The molecule has 1 aliphatic rings. The van der Waals surface area contributed by atoms with Crippen LogP contribution in [0.25, 0.3) is 10.9 Å². The Bertz CT molecular complexity index is 1060. The average molecular weight is 380 g/mol. The minimum Gasteiger partial charge on any atom is -0.480 e. The summed E-state index contributed by atoms with van der Waals surface area (Å²) in [6.07, 6.45) is 1.37. The van der Waals surface area contributed by atoms with Gasteiger partial charge in [-0.25, -0.2) is 0 Å². The highest BCUT2D eigenvalue weighted by molar-refractivity contribution is 5.97. The Kier molecular flexibility index (Phi) is 4.41. The number of aliphatic carboxylic acids is 1. The summed E-state index contributed by atoms with van der Waals surface area (Å²) in [6.45, 7) is 1.66. The van der Waals surface area contributed by atoms with Crippen molar-refractivity contribution in [1.29, 1.82) is 0 Å². The van der Waals surface area contributed by atoms with Crippen LogP contribution in [0.4, 0.5) is 10.2 Å². The highest BCUT2D eigenvalue weighted by atomic mass is 19.2. The molecule has 1 atom stereocenters. The molecule has 1 heterocycles. The number of aromatic nitrogens is 1. The number of fused-ring (bicyclic) bond motifs is 3. The van der Waals surface area contributed by atoms with E-state index in [1.807, 2.05) is 28.8 Å². The molecule has 0 spiro atoms. The molecule has 3 aromatic rings. The van der Waals surface area contributed by atoms with Gasteiger partial charge in [0.2, 0.25) is 0 Å². The molecular weight excluding hydrogens is 359 g/mol. The number of para-hydroxylation sites is 2. The molecule has 144 valence electrons. The van der Waals surface area contributed by atoms with Crippen molar-refractivity contribution in [3.05, 3.63) is 65.9 Å². The molecule has 0 radical (unpaired) electrons. The maximum atomic E-state index is 14.8. The Morgan fingerprint density at radius 2 is 1.82 bits per heavy atom. The van der Waals surface area contributed by atoms with Gasteiger partial charge in [-0.1, -0.05) is 47.8 Å². The average Bonchev–Trinajstić information content (AvgIpc) is 3.00. The van der Waals surface area contributed by atoms with E-state index in [1.165, 1.54) is 0 Å². The van der Waals surface area contributed by atoms with Crippen LogP contribution in [0.5, 0.6) is 0 Å². The Labute approximate surface area is 161 Å². The third-order valence-electron chi connectivity index (χ3n) is 5.65. The summed E-state index contributed by atoms with van der Waals surface area (Å²) in [5, 5.41) is 10.5. The zero-order valence-corrected chi connectivity index (χ0v) is 15.6. The minimum atomic E-state index is -0.910. The maximum Gasteiger partial charge on any atom is 0.323 e. The molecule has 1 aliphatic carbocycles. The summed E-state index contributed by atoms with van der Waals surface area (Å²) >= 11 is 0. The summed E-state index contributed by atoms with van der Waals surface area (Å²) in [6, 6.07) is 15.9. The molecule has 2 aromatic carbocycles. The molecule has 1 N–H and O–H groups in total. The fourth-order valence-corrected chi connectivity index (χ4v) is 4.20. The SMILES string of the molecule is CC1(C(=O)N(F)c2ccccc2)CCc2c(c3ccccc3n2CC(=O)O)C1. The number of nitrogens with zero attached hydrogens (tertiary/aromatic N) is 2. The van der Waals surface area contributed by atoms with E-state index in [4.69, 9.17) is 0 Å². The standard InChI is InChI=1S/C22H21FN2O3/c1-22(21(28)25(23)15-7-3-2-4-8-15)12-11-19-17(13-22)16-9-5-6-10-18(16)24(19)14-20(26)27/h2-10H,11-14H2,1H3,(H,26,27). The number of hydrogen-bond acceptors (Lipinski definition) is 2. The lowest BCUT2D eigenvalue weighted by molar-refractivity contribution is -0.137. The van der Waals surface area contributed by atoms with E-state index < -0.39 is 17.3 Å². The first-order chi connectivity index (χ1) is 13.4. The first-order valence-corrected chi connectivity index (χ1v) is 9.27. The Morgan fingerprint density at radius 3 is 2.54 bits per heavy atom. The van der Waals surface area contributed by atoms with Crippen LogP contribution in [0, 0.1) is 5.41 Å². The quantitative estimate of drug-likeness (QED) is 0.692. The third kappa shape index (κ3) is 2.95. The van der Waals surface area contributed by atoms with E-state index in [0.29, 0.717) is 19.3 Å². The van der Waals surface area contributed by atoms with E-state index in [2.05, 4.69) is 0 Å². The lowest BCUT2D eigenvalue weighted by Gasteiger charge is -2.34. The first kappa shape index (κ1) is 18.2. The highest BCUT2D eigenvalue weighted by Gasteiger charge is 2.42. The van der Waals surface area contributed by atoms with Crippen LogP contribution in [0.2, 0.25) is 0 Å². The first-order valence-electron chi connectivity index (χ1n) is 9.27. The minimum absolute atomic E-state index is 0.125. The second-order valence-electron chi connectivity index (χ2n) is 7.58. The summed E-state index contributed by atoms with van der Waals surface area (Å²) < 4.78 is 16.6. The second-order valence-corrected chi connectivity index (χ2v) is 7.58. The highest BCUT2D eigenvalue weighted by Crippen LogP contribution is 2.42. The van der Waals surface area contributed by atoms with Crippen molar-refractivity contribution in [3.8, 4) is 0 Å². The van der Waals surface area contributed by atoms with Gasteiger partial charge in [-0.15, -0.1) is 5.12 Å². The number of rotatable bonds is 4. The smallest absolute Gasteiger partial charge is 0.323 e. The number of carbonyl (C=O) groups excluding carboxylic acids is 1. The van der Waals surface area contributed by atoms with Crippen molar-refractivity contribution in [2.45, 2.75) is 32.7 Å². The van der Waals surface area contributed by atoms with Crippen molar-refractivity contribution in [3.63, 3.8) is 0 Å². The van der Waals surface area contributed by atoms with E-state index >= 15 is 0 Å². The van der Waals surface area contributed by atoms with Gasteiger partial charge in [0.15, 0.2) is 0 Å². The van der Waals surface area contributed by atoms with Gasteiger partial charge in [0, 0.05) is 16.6 Å². The van der Waals surface area contributed by atoms with Gasteiger partial charge in [0.25, 0.3) is 5.91 Å². The van der Waals surface area contributed by atoms with Gasteiger partial charge in [-0.3, -0.25) is 9.59 Å². The molecule has 0 aliphatic heterocycles. The monoisotopic (exact) mass is 380 g/mol. The zero-order chi connectivity index (χ0) is 19.9. The maximum absolute atomic E-state index is 14.8. The lowest BCUT2D eigenvalue weighted by Crippen LogP contribution is -2.42. The molecule has 1 aromatic heterocycles. The molecule has 6 heteroatoms. The number of hydrogen-bond donors (Lipinski definition) is 1. The Hall–Kier alpha value is -3.15. The normalized spacial score (nSPS) is 18.6. The predicted molar refractivity (Wildman–Crippen MR) is 105 cm³/mol. The molecule has 28 heavy (non-hydrogen) atoms. The fraction of sp³-hybridized carbons (Fsp3) is 0.273. The van der Waals surface area contributed by atoms with E-state index in [9.17, 15) is 19.2 Å². The van der Waals surface area contributed by atoms with Gasteiger partial charge < -0.3 is 9.67 Å². The predicted octanol–water partition coefficient (Wildman–Crippen LogP) is 4.14. The van der Waals surface area contributed by atoms with Crippen molar-refractivity contribution in [2.75, 3.05) is 5.12 Å². The molecule has 1 amide bonds. The molecular formula is C22H21FN2O3. The van der Waals surface area contributed by atoms with E-state index in [0.717, 1.165) is 22.2 Å². The van der Waals surface area contributed by atoms with Gasteiger partial charge in [0.05, 0.1) is 11.1 Å². The number of carbonyl (C=O) groups is 2. The Balaban J connectivity index is 1.73. The van der Waals surface area contributed by atoms with Crippen molar-refractivity contribution in [1.82, 2.24) is 4.57 Å². The summed E-state index contributed by atoms with van der Waals surface area (Å²) in [5.41, 5.74) is 2.04. The molecule has 0 bridgehead atoms. The van der Waals surface area contributed by atoms with Crippen molar-refractivity contribution >= 4 is 28.5 Å².